The molecular formula is C30H42N3O2+. The average Bonchev–Trinajstić information content (AvgIpc) is 3.10. The van der Waals surface area contributed by atoms with E-state index < -0.39 is 6.04 Å². The molecule has 1 aliphatic rings. The zero-order chi connectivity index (χ0) is 25.4. The number of rotatable bonds is 6. The fourth-order valence-electron chi connectivity index (χ4n) is 5.97. The summed E-state index contributed by atoms with van der Waals surface area (Å²) in [7, 11) is 6.21. The first kappa shape index (κ1) is 25.3. The van der Waals surface area contributed by atoms with E-state index in [0.29, 0.717) is 17.8 Å². The molecule has 1 unspecified atom stereocenters. The number of para-hydroxylation sites is 2. The van der Waals surface area contributed by atoms with E-state index in [0.717, 1.165) is 35.3 Å². The molecule has 0 aliphatic heterocycles. The van der Waals surface area contributed by atoms with E-state index in [1.165, 1.54) is 17.7 Å². The monoisotopic (exact) mass is 476 g/mol. The summed E-state index contributed by atoms with van der Waals surface area (Å²) in [5, 5.41) is 0. The molecule has 1 fully saturated rings. The lowest BCUT2D eigenvalue weighted by Gasteiger charge is -2.37. The summed E-state index contributed by atoms with van der Waals surface area (Å²) in [5.41, 5.74) is 5.63. The van der Waals surface area contributed by atoms with Gasteiger partial charge in [-0.05, 0) is 80.3 Å². The van der Waals surface area contributed by atoms with Crippen LogP contribution in [0.15, 0.2) is 42.5 Å². The molecule has 1 aromatic heterocycles. The van der Waals surface area contributed by atoms with Crippen molar-refractivity contribution in [2.75, 3.05) is 19.0 Å². The topological polar surface area (TPSA) is 38.4 Å². The van der Waals surface area contributed by atoms with E-state index in [1.54, 1.807) is 0 Å². The summed E-state index contributed by atoms with van der Waals surface area (Å²) in [6, 6.07) is 14.4. The molecule has 35 heavy (non-hydrogen) atoms. The van der Waals surface area contributed by atoms with Gasteiger partial charge in [0.1, 0.15) is 6.10 Å². The quantitative estimate of drug-likeness (QED) is 0.320. The number of fused-ring (bicyclic) bond motifs is 1. The number of aromatic nitrogens is 2. The van der Waals surface area contributed by atoms with Gasteiger partial charge in [0.25, 0.3) is 5.82 Å². The molecule has 1 heterocycles. The molecule has 0 bridgehead atoms. The van der Waals surface area contributed by atoms with Crippen molar-refractivity contribution in [1.29, 1.82) is 0 Å². The number of carbonyl (C=O) groups is 1. The highest BCUT2D eigenvalue weighted by molar-refractivity contribution is 5.82. The van der Waals surface area contributed by atoms with E-state index in [4.69, 9.17) is 4.74 Å². The van der Waals surface area contributed by atoms with Crippen LogP contribution in [0.3, 0.4) is 0 Å². The summed E-state index contributed by atoms with van der Waals surface area (Å²) in [4.78, 5) is 15.8. The number of hydrogen-bond acceptors (Lipinski definition) is 3. The van der Waals surface area contributed by atoms with Gasteiger partial charge < -0.3 is 9.64 Å². The van der Waals surface area contributed by atoms with Crippen molar-refractivity contribution < 1.29 is 14.1 Å². The van der Waals surface area contributed by atoms with Gasteiger partial charge in [0, 0.05) is 19.8 Å². The van der Waals surface area contributed by atoms with Crippen molar-refractivity contribution in [3.63, 3.8) is 0 Å². The Kier molecular flexibility index (Phi) is 7.25. The lowest BCUT2D eigenvalue weighted by atomic mass is 9.75. The van der Waals surface area contributed by atoms with Crippen molar-refractivity contribution >= 4 is 22.7 Å². The molecule has 2 aromatic carbocycles. The Morgan fingerprint density at radius 1 is 1.11 bits per heavy atom. The van der Waals surface area contributed by atoms with Gasteiger partial charge in [-0.15, -0.1) is 0 Å². The highest BCUT2D eigenvalue weighted by atomic mass is 16.5. The molecule has 4 rings (SSSR count). The van der Waals surface area contributed by atoms with E-state index in [1.807, 2.05) is 13.0 Å². The summed E-state index contributed by atoms with van der Waals surface area (Å²) in [6.45, 7) is 10.9. The lowest BCUT2D eigenvalue weighted by Crippen LogP contribution is -2.38. The Balaban J connectivity index is 1.76. The molecule has 0 amide bonds. The third kappa shape index (κ3) is 4.82. The first-order chi connectivity index (χ1) is 16.6. The minimum absolute atomic E-state index is 0.00524. The van der Waals surface area contributed by atoms with E-state index in [9.17, 15) is 4.79 Å². The van der Waals surface area contributed by atoms with Crippen LogP contribution in [-0.2, 0) is 16.6 Å². The van der Waals surface area contributed by atoms with Crippen molar-refractivity contribution in [3.05, 3.63) is 48.0 Å². The van der Waals surface area contributed by atoms with Gasteiger partial charge in [0.15, 0.2) is 17.1 Å². The molecule has 5 heteroatoms. The minimum atomic E-state index is -0.435. The highest BCUT2D eigenvalue weighted by Crippen LogP contribution is 2.37. The Labute approximate surface area is 210 Å². The largest absolute Gasteiger partial charge is 0.459 e. The summed E-state index contributed by atoms with van der Waals surface area (Å²) < 4.78 is 10.7. The number of benzene rings is 2. The Hall–Kier alpha value is -2.82. The van der Waals surface area contributed by atoms with Gasteiger partial charge in [-0.2, -0.15) is 0 Å². The first-order valence-corrected chi connectivity index (χ1v) is 13.1. The number of hydrogen-bond donors (Lipinski definition) is 0. The van der Waals surface area contributed by atoms with Gasteiger partial charge in [-0.1, -0.05) is 39.3 Å². The number of ether oxygens (including phenoxy) is 1. The van der Waals surface area contributed by atoms with E-state index in [2.05, 4.69) is 99.3 Å². The van der Waals surface area contributed by atoms with Crippen LogP contribution in [0.5, 0.6) is 0 Å². The van der Waals surface area contributed by atoms with Crippen LogP contribution in [0.4, 0.5) is 5.69 Å². The van der Waals surface area contributed by atoms with Gasteiger partial charge >= 0.3 is 5.97 Å². The SMILES string of the molecule is Cc1cc(-c2n([C@H](C)C(=O)OC3C[C@H](C)CC[C@H]3C(C)C)c3ccccc3[n+]2C)ccc1N(C)C. The maximum Gasteiger partial charge on any atom is 0.351 e. The third-order valence-corrected chi connectivity index (χ3v) is 7.94. The highest BCUT2D eigenvalue weighted by Gasteiger charge is 2.37. The molecule has 0 spiro atoms. The second-order valence-corrected chi connectivity index (χ2v) is 11.1. The van der Waals surface area contributed by atoms with Gasteiger partial charge in [-0.3, -0.25) is 0 Å². The molecular weight excluding hydrogens is 434 g/mol. The van der Waals surface area contributed by atoms with Crippen LogP contribution < -0.4 is 9.47 Å². The molecule has 1 saturated carbocycles. The molecule has 3 aromatic rings. The van der Waals surface area contributed by atoms with Gasteiger partial charge in [-0.25, -0.2) is 13.9 Å². The normalized spacial score (nSPS) is 21.3. The molecule has 0 radical (unpaired) electrons. The fourth-order valence-corrected chi connectivity index (χ4v) is 5.97. The zero-order valence-electron chi connectivity index (χ0n) is 22.7. The molecule has 0 saturated heterocycles. The molecule has 5 nitrogen and oxygen atoms in total. The maximum absolute atomic E-state index is 13.7. The smallest absolute Gasteiger partial charge is 0.351 e. The Morgan fingerprint density at radius 3 is 2.49 bits per heavy atom. The number of anilines is 1. The predicted octanol–water partition coefficient (Wildman–Crippen LogP) is 6.07. The summed E-state index contributed by atoms with van der Waals surface area (Å²) in [5.74, 6) is 2.41. The van der Waals surface area contributed by atoms with E-state index >= 15 is 0 Å². The fraction of sp³-hybridized carbons (Fsp3) is 0.533. The van der Waals surface area contributed by atoms with Crippen molar-refractivity contribution in [1.82, 2.24) is 4.57 Å². The van der Waals surface area contributed by atoms with E-state index in [-0.39, 0.29) is 12.1 Å². The van der Waals surface area contributed by atoms with Crippen LogP contribution in [0.25, 0.3) is 22.4 Å². The van der Waals surface area contributed by atoms with Gasteiger partial charge in [0.2, 0.25) is 0 Å². The van der Waals surface area contributed by atoms with Crippen LogP contribution in [0.2, 0.25) is 0 Å². The number of imidazole rings is 1. The second kappa shape index (κ2) is 10.0. The average molecular weight is 477 g/mol. The number of aryl methyl sites for hydroxylation is 2. The molecule has 188 valence electrons. The van der Waals surface area contributed by atoms with Crippen LogP contribution >= 0.6 is 0 Å². The predicted molar refractivity (Wildman–Crippen MR) is 144 cm³/mol. The van der Waals surface area contributed by atoms with Crippen molar-refractivity contribution in [3.8, 4) is 11.4 Å². The van der Waals surface area contributed by atoms with Crippen LogP contribution in [0, 0.1) is 24.7 Å². The Morgan fingerprint density at radius 2 is 1.83 bits per heavy atom. The molecule has 4 atom stereocenters. The van der Waals surface area contributed by atoms with Gasteiger partial charge in [0.05, 0.1) is 12.6 Å². The Bertz CT molecular complexity index is 1210. The standard InChI is InChI=1S/C30H42N3O2/c1-19(2)24-15-13-20(3)17-28(24)35-30(34)22(5)33-27-12-10-9-11-26(27)32(8)29(33)23-14-16-25(31(6)7)21(4)18-23/h9-12,14,16,18-20,22,24,28H,13,15,17H2,1-8H3/q+1/t20-,22-,24+,28?/m1/s1. The maximum atomic E-state index is 13.7. The minimum Gasteiger partial charge on any atom is -0.459 e. The molecule has 0 N–H and O–H groups in total. The second-order valence-electron chi connectivity index (χ2n) is 11.1. The van der Waals surface area contributed by atoms with Crippen molar-refractivity contribution in [2.45, 2.75) is 66.0 Å². The summed E-state index contributed by atoms with van der Waals surface area (Å²) in [6.07, 6.45) is 3.31. The molecule has 1 aliphatic carbocycles. The number of nitrogens with zero attached hydrogens (tertiary/aromatic N) is 3. The third-order valence-electron chi connectivity index (χ3n) is 7.94. The number of esters is 1. The number of carbonyl (C=O) groups excluding carboxylic acids is 1. The lowest BCUT2D eigenvalue weighted by molar-refractivity contribution is -0.634. The van der Waals surface area contributed by atoms with Crippen molar-refractivity contribution in [2.24, 2.45) is 24.8 Å². The van der Waals surface area contributed by atoms with Crippen LogP contribution in [-0.4, -0.2) is 30.7 Å². The van der Waals surface area contributed by atoms with Crippen LogP contribution in [0.1, 0.15) is 58.6 Å². The summed E-state index contributed by atoms with van der Waals surface area (Å²) >= 11 is 0. The zero-order valence-corrected chi connectivity index (χ0v) is 22.7. The first-order valence-electron chi connectivity index (χ1n) is 13.1.